The van der Waals surface area contributed by atoms with E-state index in [-0.39, 0.29) is 49.5 Å². The Bertz CT molecular complexity index is 2530. The highest BCUT2D eigenvalue weighted by Gasteiger charge is 2.36. The van der Waals surface area contributed by atoms with Gasteiger partial charge in [-0.05, 0) is 80.0 Å². The van der Waals surface area contributed by atoms with Gasteiger partial charge in [-0.3, -0.25) is 38.4 Å². The Morgan fingerprint density at radius 1 is 0.726 bits per heavy atom. The maximum absolute atomic E-state index is 14.8. The van der Waals surface area contributed by atoms with Gasteiger partial charge in [0.2, 0.25) is 47.3 Å². The van der Waals surface area contributed by atoms with E-state index >= 15 is 0 Å². The summed E-state index contributed by atoms with van der Waals surface area (Å²) in [5.41, 5.74) is 20.3. The number of para-hydroxylation sites is 1. The van der Waals surface area contributed by atoms with Crippen LogP contribution in [0.2, 0.25) is 0 Å². The number of aliphatic hydroxyl groups excluding tert-OH is 1. The minimum absolute atomic E-state index is 0.0484. The summed E-state index contributed by atoms with van der Waals surface area (Å²) in [6.45, 7) is 4.85. The number of rotatable bonds is 17. The van der Waals surface area contributed by atoms with Gasteiger partial charge in [0.05, 0.1) is 12.1 Å². The normalized spacial score (nSPS) is 22.1. The zero-order valence-electron chi connectivity index (χ0n) is 40.9. The number of hydrogen-bond acceptors (Lipinski definition) is 14. The van der Waals surface area contributed by atoms with Gasteiger partial charge in [-0.15, -0.1) is 0 Å². The summed E-state index contributed by atoms with van der Waals surface area (Å²) in [4.78, 5) is 116. The Kier molecular flexibility index (Phi) is 21.9. The van der Waals surface area contributed by atoms with Gasteiger partial charge < -0.3 is 69.6 Å². The Morgan fingerprint density at radius 3 is 2.00 bits per heavy atom. The molecular weight excluding hydrogens is 979 g/mol. The number of amides is 8. The van der Waals surface area contributed by atoms with E-state index in [9.17, 15) is 48.6 Å². The maximum Gasteiger partial charge on any atom is 0.244 e. The first-order valence-corrected chi connectivity index (χ1v) is 26.5. The molecule has 8 amide bonds. The highest BCUT2D eigenvalue weighted by atomic mass is 33.1. The highest BCUT2D eigenvalue weighted by molar-refractivity contribution is 8.76. The molecule has 23 heteroatoms. The number of primary amides is 1. The van der Waals surface area contributed by atoms with Gasteiger partial charge >= 0.3 is 0 Å². The van der Waals surface area contributed by atoms with Crippen molar-refractivity contribution in [3.8, 4) is 5.75 Å². The molecule has 0 aliphatic carbocycles. The number of fused-ring (bicyclic) bond motifs is 1. The summed E-state index contributed by atoms with van der Waals surface area (Å²) in [5.74, 6) is -7.62. The molecule has 0 spiro atoms. The lowest BCUT2D eigenvalue weighted by molar-refractivity contribution is -0.136. The predicted octanol–water partition coefficient (Wildman–Crippen LogP) is -0.332. The SMILES string of the molecule is CC(C)C1NC(=O)[C@H](CCCCN)NC(=O)C(Cc2c[nH]c3ccccc23)NC(=O)[C@H](Cc2ccc(O)cc2)NC(=O)C(NC(=O)[C@H](N)Cc2ccccc2)CSSCC(C(=O)N[C@H](C(N)=O)[C@@H](C)O)NC1=O. The topological polar surface area (TPSA) is 355 Å². The van der Waals surface area contributed by atoms with Gasteiger partial charge in [0.1, 0.15) is 48.0 Å². The van der Waals surface area contributed by atoms with Crippen molar-refractivity contribution < 1.29 is 48.6 Å². The molecule has 16 N–H and O–H groups in total. The average molecular weight is 1050 g/mol. The fraction of sp³-hybridized carbons (Fsp3) is 0.440. The van der Waals surface area contributed by atoms with Crippen molar-refractivity contribution >= 4 is 79.7 Å². The van der Waals surface area contributed by atoms with E-state index in [1.165, 1.54) is 19.1 Å². The van der Waals surface area contributed by atoms with E-state index in [2.05, 4.69) is 42.2 Å². The summed E-state index contributed by atoms with van der Waals surface area (Å²) in [5, 5.41) is 40.0. The minimum Gasteiger partial charge on any atom is -0.508 e. The van der Waals surface area contributed by atoms with Crippen LogP contribution in [0.5, 0.6) is 5.75 Å². The highest BCUT2D eigenvalue weighted by Crippen LogP contribution is 2.25. The number of hydrogen-bond donors (Lipinski definition) is 13. The summed E-state index contributed by atoms with van der Waals surface area (Å²) < 4.78 is 0. The average Bonchev–Trinajstić information content (AvgIpc) is 3.76. The van der Waals surface area contributed by atoms with Crippen molar-refractivity contribution in [3.63, 3.8) is 0 Å². The number of aromatic nitrogens is 1. The molecule has 4 unspecified atom stereocenters. The number of aromatic hydroxyl groups is 1. The zero-order chi connectivity index (χ0) is 53.2. The van der Waals surface area contributed by atoms with Gasteiger partial charge in [0, 0.05) is 41.4 Å². The van der Waals surface area contributed by atoms with E-state index in [4.69, 9.17) is 17.2 Å². The molecule has 0 radical (unpaired) electrons. The van der Waals surface area contributed by atoms with E-state index < -0.39 is 108 Å². The number of nitrogens with two attached hydrogens (primary N) is 3. The number of carbonyl (C=O) groups is 8. The Morgan fingerprint density at radius 2 is 1.34 bits per heavy atom. The van der Waals surface area contributed by atoms with E-state index in [1.54, 1.807) is 56.4 Å². The van der Waals surface area contributed by atoms with Gasteiger partial charge in [0.25, 0.3) is 0 Å². The zero-order valence-corrected chi connectivity index (χ0v) is 42.6. The van der Waals surface area contributed by atoms with Gasteiger partial charge in [-0.2, -0.15) is 0 Å². The third-order valence-electron chi connectivity index (χ3n) is 12.1. The molecule has 1 aromatic heterocycles. The number of H-pyrrole nitrogens is 1. The molecule has 5 rings (SSSR count). The number of aliphatic hydroxyl groups is 1. The second-order valence-electron chi connectivity index (χ2n) is 18.2. The first-order chi connectivity index (χ1) is 34.8. The van der Waals surface area contributed by atoms with Crippen LogP contribution in [0.3, 0.4) is 0 Å². The number of phenols is 1. The van der Waals surface area contributed by atoms with Gasteiger partial charge in [-0.1, -0.05) is 96.1 Å². The fourth-order valence-corrected chi connectivity index (χ4v) is 10.3. The molecule has 1 fully saturated rings. The number of aromatic amines is 1. The van der Waals surface area contributed by atoms with Crippen LogP contribution in [0.25, 0.3) is 10.9 Å². The monoisotopic (exact) mass is 1050 g/mol. The maximum atomic E-state index is 14.8. The van der Waals surface area contributed by atoms with Crippen molar-refractivity contribution in [2.75, 3.05) is 18.1 Å². The molecule has 0 bridgehead atoms. The summed E-state index contributed by atoms with van der Waals surface area (Å²) in [7, 11) is 2.03. The summed E-state index contributed by atoms with van der Waals surface area (Å²) >= 11 is 0. The second-order valence-corrected chi connectivity index (χ2v) is 20.8. The standard InChI is InChI=1S/C50H67N11O10S2/c1-27(2)41-50(71)59-40(49(70)61-42(28(3)62)43(53)64)26-73-72-25-39(58-44(65)34(52)21-29-11-5-4-6-12-29)48(69)56-37(22-30-16-18-32(63)19-17-30)46(67)57-38(23-31-24-54-35-14-8-7-13-33(31)35)47(68)55-36(45(66)60-41)15-9-10-20-51/h4-8,11-14,16-19,24,27-28,34,36-42,54,62-63H,9-10,15,20-23,25-26,51-52H2,1-3H3,(H2,53,64)(H,55,68)(H,56,69)(H,57,67)(H,58,65)(H,59,71)(H,60,66)(H,61,70)/t28-,34-,36+,37+,38?,39?,40?,41?,42+/m1/s1. The van der Waals surface area contributed by atoms with Crippen LogP contribution in [-0.2, 0) is 57.6 Å². The number of carbonyl (C=O) groups excluding carboxylic acids is 8. The fourth-order valence-electron chi connectivity index (χ4n) is 7.96. The smallest absolute Gasteiger partial charge is 0.244 e. The van der Waals surface area contributed by atoms with Crippen molar-refractivity contribution in [2.45, 2.75) is 114 Å². The van der Waals surface area contributed by atoms with Gasteiger partial charge in [-0.25, -0.2) is 0 Å². The summed E-state index contributed by atoms with van der Waals surface area (Å²) in [6.07, 6.45) is 1.10. The first kappa shape index (κ1) is 57.2. The lowest BCUT2D eigenvalue weighted by atomic mass is 10.00. The molecule has 4 aromatic rings. The van der Waals surface area contributed by atoms with Crippen molar-refractivity contribution in [1.82, 2.24) is 42.2 Å². The minimum atomic E-state index is -1.54. The van der Waals surface area contributed by atoms with Crippen LogP contribution in [0.1, 0.15) is 56.7 Å². The van der Waals surface area contributed by atoms with Crippen LogP contribution in [0.4, 0.5) is 0 Å². The number of unbranched alkanes of at least 4 members (excludes halogenated alkanes) is 1. The number of phenolic OH excluding ortho intramolecular Hbond substituents is 1. The molecule has 1 saturated heterocycles. The number of nitrogens with one attached hydrogen (secondary N) is 8. The lowest BCUT2D eigenvalue weighted by Gasteiger charge is -2.29. The van der Waals surface area contributed by atoms with E-state index in [0.717, 1.165) is 38.1 Å². The largest absolute Gasteiger partial charge is 0.508 e. The quantitative estimate of drug-likeness (QED) is 0.0476. The van der Waals surface area contributed by atoms with Crippen LogP contribution in [0.15, 0.2) is 85.1 Å². The molecular formula is C50H67N11O10S2. The van der Waals surface area contributed by atoms with Crippen molar-refractivity contribution in [1.29, 1.82) is 0 Å². The molecule has 73 heavy (non-hydrogen) atoms. The Hall–Kier alpha value is -6.66. The molecule has 394 valence electrons. The Labute approximate surface area is 431 Å². The van der Waals surface area contributed by atoms with Crippen LogP contribution in [0, 0.1) is 5.92 Å². The third-order valence-corrected chi connectivity index (χ3v) is 14.5. The molecule has 3 aromatic carbocycles. The van der Waals surface area contributed by atoms with E-state index in [0.29, 0.717) is 24.0 Å². The van der Waals surface area contributed by atoms with Crippen molar-refractivity contribution in [2.24, 2.45) is 23.1 Å². The molecule has 1 aliphatic rings. The summed E-state index contributed by atoms with van der Waals surface area (Å²) in [6, 6.07) is 11.5. The second kappa shape index (κ2) is 28.0. The Balaban J connectivity index is 1.58. The predicted molar refractivity (Wildman–Crippen MR) is 279 cm³/mol. The van der Waals surface area contributed by atoms with Crippen LogP contribution in [-0.4, -0.2) is 135 Å². The third kappa shape index (κ3) is 17.2. The molecule has 21 nitrogen and oxygen atoms in total. The first-order valence-electron chi connectivity index (χ1n) is 24.0. The molecule has 2 heterocycles. The van der Waals surface area contributed by atoms with Crippen molar-refractivity contribution in [3.05, 3.63) is 102 Å². The van der Waals surface area contributed by atoms with E-state index in [1.807, 2.05) is 30.3 Å². The number of benzene rings is 3. The molecule has 9 atom stereocenters. The molecule has 1 aliphatic heterocycles. The molecule has 0 saturated carbocycles. The lowest BCUT2D eigenvalue weighted by Crippen LogP contribution is -2.62. The van der Waals surface area contributed by atoms with Gasteiger partial charge in [0.15, 0.2) is 0 Å². The van der Waals surface area contributed by atoms with Crippen LogP contribution >= 0.6 is 21.6 Å². The van der Waals surface area contributed by atoms with Crippen LogP contribution < -0.4 is 54.4 Å².